The molecule has 1 amide bonds. The summed E-state index contributed by atoms with van der Waals surface area (Å²) in [5, 5.41) is 2.70. The largest absolute Gasteiger partial charge is 0.468 e. The van der Waals surface area contributed by atoms with Crippen LogP contribution in [0.2, 0.25) is 5.02 Å². The van der Waals surface area contributed by atoms with E-state index in [-0.39, 0.29) is 10.9 Å². The van der Waals surface area contributed by atoms with Crippen LogP contribution in [0.15, 0.2) is 18.2 Å². The van der Waals surface area contributed by atoms with E-state index in [9.17, 15) is 14.0 Å². The molecule has 0 unspecified atom stereocenters. The Morgan fingerprint density at radius 2 is 2.25 bits per heavy atom. The van der Waals surface area contributed by atoms with E-state index in [4.69, 9.17) is 16.3 Å². The molecule has 0 spiro atoms. The highest BCUT2D eigenvalue weighted by Crippen LogP contribution is 2.68. The quantitative estimate of drug-likeness (QED) is 0.669. The van der Waals surface area contributed by atoms with E-state index in [1.807, 2.05) is 0 Å². The number of nitrogens with one attached hydrogen (secondary N) is 1. The first-order valence-electron chi connectivity index (χ1n) is 6.30. The van der Waals surface area contributed by atoms with E-state index in [2.05, 4.69) is 5.32 Å². The molecule has 0 aromatic heterocycles. The van der Waals surface area contributed by atoms with E-state index in [0.29, 0.717) is 24.9 Å². The third-order valence-corrected chi connectivity index (χ3v) is 4.78. The highest BCUT2D eigenvalue weighted by atomic mass is 35.5. The Kier molecular flexibility index (Phi) is 2.80. The lowest BCUT2D eigenvalue weighted by Gasteiger charge is -2.29. The van der Waals surface area contributed by atoms with Gasteiger partial charge in [-0.25, -0.2) is 4.39 Å². The summed E-state index contributed by atoms with van der Waals surface area (Å²) in [4.78, 5) is 24.3. The average Bonchev–Trinajstić information content (AvgIpc) is 3.14. The van der Waals surface area contributed by atoms with Crippen LogP contribution in [0.5, 0.6) is 0 Å². The second kappa shape index (κ2) is 4.19. The van der Waals surface area contributed by atoms with Gasteiger partial charge in [0, 0.05) is 12.0 Å². The van der Waals surface area contributed by atoms with Crippen LogP contribution in [0, 0.1) is 11.2 Å². The number of hydrogen-bond donors (Lipinski definition) is 1. The van der Waals surface area contributed by atoms with Crippen LogP contribution in [0.25, 0.3) is 0 Å². The molecule has 1 aliphatic heterocycles. The molecule has 20 heavy (non-hydrogen) atoms. The van der Waals surface area contributed by atoms with Gasteiger partial charge in [-0.05, 0) is 30.5 Å². The Hall–Kier alpha value is -1.62. The van der Waals surface area contributed by atoms with Crippen LogP contribution in [0.3, 0.4) is 0 Å². The summed E-state index contributed by atoms with van der Waals surface area (Å²) >= 11 is 5.82. The van der Waals surface area contributed by atoms with Crippen LogP contribution in [0.1, 0.15) is 18.4 Å². The minimum absolute atomic E-state index is 0.00600. The number of amides is 1. The Morgan fingerprint density at radius 3 is 2.90 bits per heavy atom. The van der Waals surface area contributed by atoms with Crippen LogP contribution in [-0.2, 0) is 19.7 Å². The molecule has 1 heterocycles. The summed E-state index contributed by atoms with van der Waals surface area (Å²) in [6.45, 7) is 0.479. The number of piperidine rings is 1. The molecule has 1 saturated heterocycles. The van der Waals surface area contributed by atoms with Gasteiger partial charge in [0.25, 0.3) is 0 Å². The van der Waals surface area contributed by atoms with Crippen molar-refractivity contribution in [2.75, 3.05) is 13.7 Å². The fourth-order valence-corrected chi connectivity index (χ4v) is 3.55. The van der Waals surface area contributed by atoms with Crippen molar-refractivity contribution in [1.82, 2.24) is 5.32 Å². The minimum Gasteiger partial charge on any atom is -0.468 e. The molecule has 4 nitrogen and oxygen atoms in total. The Balaban J connectivity index is 2.09. The van der Waals surface area contributed by atoms with Crippen molar-refractivity contribution >= 4 is 23.5 Å². The number of methoxy groups -OCH3 is 1. The Labute approximate surface area is 120 Å². The topological polar surface area (TPSA) is 55.4 Å². The highest BCUT2D eigenvalue weighted by molar-refractivity contribution is 6.30. The smallest absolute Gasteiger partial charge is 0.322 e. The summed E-state index contributed by atoms with van der Waals surface area (Å²) < 4.78 is 18.1. The molecular weight excluding hydrogens is 285 g/mol. The van der Waals surface area contributed by atoms with Gasteiger partial charge in [-0.1, -0.05) is 17.7 Å². The first-order valence-corrected chi connectivity index (χ1v) is 6.68. The zero-order valence-corrected chi connectivity index (χ0v) is 11.6. The molecule has 1 aromatic carbocycles. The summed E-state index contributed by atoms with van der Waals surface area (Å²) in [6.07, 6.45) is 0.982. The summed E-state index contributed by atoms with van der Waals surface area (Å²) in [5.41, 5.74) is -1.11. The van der Waals surface area contributed by atoms with Crippen molar-refractivity contribution in [3.63, 3.8) is 0 Å². The third kappa shape index (κ3) is 1.47. The van der Waals surface area contributed by atoms with E-state index in [1.165, 1.54) is 19.2 Å². The molecule has 3 rings (SSSR count). The first-order chi connectivity index (χ1) is 9.48. The van der Waals surface area contributed by atoms with Crippen molar-refractivity contribution in [2.24, 2.45) is 5.41 Å². The van der Waals surface area contributed by atoms with Crippen LogP contribution in [0.4, 0.5) is 4.39 Å². The molecule has 2 fully saturated rings. The zero-order chi connectivity index (χ0) is 14.5. The molecule has 0 radical (unpaired) electrons. The molecular formula is C14H13ClFNO3. The monoisotopic (exact) mass is 297 g/mol. The van der Waals surface area contributed by atoms with Gasteiger partial charge >= 0.3 is 5.97 Å². The minimum atomic E-state index is -1.19. The van der Waals surface area contributed by atoms with Crippen molar-refractivity contribution in [1.29, 1.82) is 0 Å². The predicted octanol–water partition coefficient (Wildman–Crippen LogP) is 1.80. The van der Waals surface area contributed by atoms with Gasteiger partial charge in [-0.15, -0.1) is 0 Å². The van der Waals surface area contributed by atoms with E-state index in [0.717, 1.165) is 0 Å². The van der Waals surface area contributed by atoms with E-state index >= 15 is 0 Å². The van der Waals surface area contributed by atoms with Gasteiger partial charge in [-0.2, -0.15) is 0 Å². The Morgan fingerprint density at radius 1 is 1.50 bits per heavy atom. The van der Waals surface area contributed by atoms with Crippen molar-refractivity contribution < 1.29 is 18.7 Å². The fourth-order valence-electron chi connectivity index (χ4n) is 3.37. The van der Waals surface area contributed by atoms with Gasteiger partial charge in [-0.3, -0.25) is 9.59 Å². The molecule has 106 valence electrons. The summed E-state index contributed by atoms with van der Waals surface area (Å²) in [5.74, 6) is -1.39. The third-order valence-electron chi connectivity index (χ3n) is 4.49. The molecule has 1 aliphatic carbocycles. The normalized spacial score (nSPS) is 31.2. The van der Waals surface area contributed by atoms with Gasteiger partial charge < -0.3 is 10.1 Å². The molecule has 6 heteroatoms. The molecule has 2 aliphatic rings. The van der Waals surface area contributed by atoms with Gasteiger partial charge in [0.2, 0.25) is 5.91 Å². The van der Waals surface area contributed by atoms with E-state index < -0.39 is 22.6 Å². The number of esters is 1. The SMILES string of the molecule is COC(=O)[C@]12C[C@@]1(c1ccc(F)c(Cl)c1)CCNC2=O. The lowest BCUT2D eigenvalue weighted by molar-refractivity contribution is -0.154. The number of rotatable bonds is 2. The second-order valence-electron chi connectivity index (χ2n) is 5.29. The summed E-state index contributed by atoms with van der Waals surface area (Å²) in [7, 11) is 1.26. The van der Waals surface area contributed by atoms with Crippen molar-refractivity contribution in [3.8, 4) is 0 Å². The predicted molar refractivity (Wildman–Crippen MR) is 69.8 cm³/mol. The second-order valence-corrected chi connectivity index (χ2v) is 5.70. The lowest BCUT2D eigenvalue weighted by Crippen LogP contribution is -2.48. The maximum Gasteiger partial charge on any atom is 0.322 e. The molecule has 1 saturated carbocycles. The van der Waals surface area contributed by atoms with Crippen LogP contribution < -0.4 is 5.32 Å². The maximum atomic E-state index is 13.3. The first kappa shape index (κ1) is 13.4. The highest BCUT2D eigenvalue weighted by Gasteiger charge is 2.78. The lowest BCUT2D eigenvalue weighted by atomic mass is 9.80. The average molecular weight is 298 g/mol. The number of fused-ring (bicyclic) bond motifs is 1. The standard InChI is InChI=1S/C14H13ClFNO3/c1-20-12(19)14-7-13(14,4-5-17-11(14)18)8-2-3-10(16)9(15)6-8/h2-3,6H,4-5,7H2,1H3,(H,17,18)/t13-,14-/m1/s1. The molecule has 1 aromatic rings. The number of carbonyl (C=O) groups excluding carboxylic acids is 2. The van der Waals surface area contributed by atoms with Gasteiger partial charge in [0.05, 0.1) is 12.1 Å². The number of halogens is 2. The van der Waals surface area contributed by atoms with Gasteiger partial charge in [0.1, 0.15) is 5.82 Å². The zero-order valence-electron chi connectivity index (χ0n) is 10.8. The summed E-state index contributed by atoms with van der Waals surface area (Å²) in [6, 6.07) is 4.35. The maximum absolute atomic E-state index is 13.3. The molecule has 0 bridgehead atoms. The number of benzene rings is 1. The number of hydrogen-bond acceptors (Lipinski definition) is 3. The number of carbonyl (C=O) groups is 2. The molecule has 2 atom stereocenters. The van der Waals surface area contributed by atoms with E-state index in [1.54, 1.807) is 6.07 Å². The van der Waals surface area contributed by atoms with Gasteiger partial charge in [0.15, 0.2) is 5.41 Å². The Bertz CT molecular complexity index is 610. The van der Waals surface area contributed by atoms with Crippen LogP contribution in [-0.4, -0.2) is 25.5 Å². The van der Waals surface area contributed by atoms with Crippen LogP contribution >= 0.6 is 11.6 Å². The van der Waals surface area contributed by atoms with Crippen molar-refractivity contribution in [2.45, 2.75) is 18.3 Å². The van der Waals surface area contributed by atoms with Crippen molar-refractivity contribution in [3.05, 3.63) is 34.6 Å². The molecule has 1 N–H and O–H groups in total. The number of ether oxygens (including phenoxy) is 1. The fraction of sp³-hybridized carbons (Fsp3) is 0.429.